The number of carbonyl (C=O) groups excluding carboxylic acids is 3. The summed E-state index contributed by atoms with van der Waals surface area (Å²) in [5.74, 6) is -1.71. The first-order valence-corrected chi connectivity index (χ1v) is 15.7. The first kappa shape index (κ1) is 38.3. The van der Waals surface area contributed by atoms with Gasteiger partial charge in [-0.05, 0) is 19.0 Å². The number of hydrogen-bond donors (Lipinski definition) is 4. The van der Waals surface area contributed by atoms with E-state index in [-0.39, 0.29) is 72.6 Å². The molecule has 7 N–H and O–H groups in total. The van der Waals surface area contributed by atoms with Crippen LogP contribution in [0.25, 0.3) is 5.65 Å². The van der Waals surface area contributed by atoms with Gasteiger partial charge in [0.1, 0.15) is 41.5 Å². The van der Waals surface area contributed by atoms with Gasteiger partial charge in [0, 0.05) is 35.1 Å². The summed E-state index contributed by atoms with van der Waals surface area (Å²) in [5.41, 5.74) is 17.9. The number of rotatable bonds is 13. The minimum atomic E-state index is -1.47. The number of nitrogens with one attached hydrogen (secondary N) is 1. The molecule has 0 bridgehead atoms. The van der Waals surface area contributed by atoms with Crippen molar-refractivity contribution in [2.45, 2.75) is 29.4 Å². The molecule has 5 heterocycles. The van der Waals surface area contributed by atoms with Gasteiger partial charge in [0.2, 0.25) is 0 Å². The maximum atomic E-state index is 13.2. The van der Waals surface area contributed by atoms with Crippen LogP contribution in [0.4, 0.5) is 5.13 Å². The number of nitrogens with zero attached hydrogens (tertiary/aromatic N) is 6. The summed E-state index contributed by atoms with van der Waals surface area (Å²) in [6, 6.07) is 2.78. The topological polar surface area (TPSA) is 223 Å². The van der Waals surface area contributed by atoms with Gasteiger partial charge in [0.15, 0.2) is 17.0 Å². The second kappa shape index (κ2) is 17.2. The number of imidazole rings is 1. The van der Waals surface area contributed by atoms with Crippen LogP contribution in [0.3, 0.4) is 0 Å². The van der Waals surface area contributed by atoms with E-state index in [1.165, 1.54) is 23.5 Å². The molecule has 2 atom stereocenters. The van der Waals surface area contributed by atoms with Gasteiger partial charge in [-0.15, -0.1) is 76.6 Å². The number of aliphatic carboxylic acids is 1. The molecular formula is C24H31Cl3N10O5S3. The van der Waals surface area contributed by atoms with Crippen molar-refractivity contribution in [2.24, 2.45) is 16.6 Å². The predicted octanol–water partition coefficient (Wildman–Crippen LogP) is -0.850. The number of hydrogen-bond acceptors (Lipinski definition) is 14. The summed E-state index contributed by atoms with van der Waals surface area (Å²) in [6.07, 6.45) is 4.09. The van der Waals surface area contributed by atoms with Crippen molar-refractivity contribution in [1.82, 2.24) is 24.8 Å². The number of carboxylic acids is 1. The Morgan fingerprint density at radius 3 is 2.69 bits per heavy atom. The zero-order chi connectivity index (χ0) is 29.8. The largest absolute Gasteiger partial charge is 0.543 e. The number of anilines is 1. The van der Waals surface area contributed by atoms with E-state index in [2.05, 4.69) is 20.6 Å². The van der Waals surface area contributed by atoms with Gasteiger partial charge in [-0.25, -0.2) is 9.55 Å². The molecule has 2 aliphatic rings. The normalized spacial score (nSPS) is 17.4. The molecule has 2 aliphatic heterocycles. The van der Waals surface area contributed by atoms with Gasteiger partial charge in [0.05, 0.1) is 11.7 Å². The van der Waals surface area contributed by atoms with Gasteiger partial charge < -0.3 is 37.3 Å². The molecule has 3 aromatic heterocycles. The fourth-order valence-corrected chi connectivity index (χ4v) is 6.93. The van der Waals surface area contributed by atoms with E-state index in [1.54, 1.807) is 22.3 Å². The van der Waals surface area contributed by atoms with Crippen LogP contribution in [0.5, 0.6) is 0 Å². The van der Waals surface area contributed by atoms with Crippen molar-refractivity contribution in [3.63, 3.8) is 0 Å². The minimum Gasteiger partial charge on any atom is -0.543 e. The SMILES string of the molecule is Cl.Cl.Cl.NCCCO/N=C(\C(=O)N[C@@H]1C(=O)N2C(C(=O)[O-])=C(C[n+]3ccn4nc(SCCN)ccc43)CS[C@H]12)c1csc(N)n1. The molecule has 0 aliphatic carbocycles. The van der Waals surface area contributed by atoms with E-state index >= 15 is 0 Å². The molecule has 45 heavy (non-hydrogen) atoms. The van der Waals surface area contributed by atoms with Gasteiger partial charge in [-0.2, -0.15) is 0 Å². The molecule has 2 amide bonds. The third-order valence-electron chi connectivity index (χ3n) is 6.33. The summed E-state index contributed by atoms with van der Waals surface area (Å²) in [7, 11) is 0. The Morgan fingerprint density at radius 1 is 1.24 bits per heavy atom. The molecule has 3 aromatic rings. The number of β-lactam (4-membered cyclic amide) rings is 1. The van der Waals surface area contributed by atoms with Crippen LogP contribution in [-0.4, -0.2) is 85.6 Å². The molecule has 0 saturated carbocycles. The highest BCUT2D eigenvalue weighted by Crippen LogP contribution is 2.40. The number of nitrogens with two attached hydrogens (primary N) is 3. The Kier molecular flexibility index (Phi) is 14.6. The van der Waals surface area contributed by atoms with E-state index < -0.39 is 29.2 Å². The molecule has 0 unspecified atom stereocenters. The highest BCUT2D eigenvalue weighted by Gasteiger charge is 2.53. The average Bonchev–Trinajstić information content (AvgIpc) is 3.59. The minimum absolute atomic E-state index is 0. The van der Waals surface area contributed by atoms with Crippen molar-refractivity contribution in [2.75, 3.05) is 36.9 Å². The highest BCUT2D eigenvalue weighted by molar-refractivity contribution is 8.00. The molecular weight excluding hydrogens is 711 g/mol. The van der Waals surface area contributed by atoms with Crippen LogP contribution in [0.15, 0.2) is 51.4 Å². The number of aromatic nitrogens is 4. The number of thiazole rings is 1. The Morgan fingerprint density at radius 2 is 2.02 bits per heavy atom. The van der Waals surface area contributed by atoms with Crippen LogP contribution in [0.2, 0.25) is 0 Å². The molecule has 15 nitrogen and oxygen atoms in total. The number of amides is 2. The van der Waals surface area contributed by atoms with Gasteiger partial charge >= 0.3 is 5.65 Å². The first-order chi connectivity index (χ1) is 20.3. The van der Waals surface area contributed by atoms with Crippen molar-refractivity contribution in [1.29, 1.82) is 0 Å². The smallest absolute Gasteiger partial charge is 0.307 e. The third-order valence-corrected chi connectivity index (χ3v) is 9.30. The van der Waals surface area contributed by atoms with Crippen molar-refractivity contribution < 1.29 is 28.9 Å². The lowest BCUT2D eigenvalue weighted by Gasteiger charge is -2.50. The maximum absolute atomic E-state index is 13.2. The lowest BCUT2D eigenvalue weighted by atomic mass is 10.0. The van der Waals surface area contributed by atoms with Crippen molar-refractivity contribution >= 4 is 106 Å². The Labute approximate surface area is 288 Å². The molecule has 21 heteroatoms. The Hall–Kier alpha value is -2.84. The van der Waals surface area contributed by atoms with Crippen LogP contribution in [-0.2, 0) is 25.8 Å². The van der Waals surface area contributed by atoms with Gasteiger partial charge in [-0.3, -0.25) is 14.5 Å². The van der Waals surface area contributed by atoms with Gasteiger partial charge in [-0.1, -0.05) is 10.3 Å². The number of halogens is 3. The number of nitrogen functional groups attached to an aromatic ring is 1. The monoisotopic (exact) mass is 740 g/mol. The quantitative estimate of drug-likeness (QED) is 0.0420. The molecule has 0 aromatic carbocycles. The van der Waals surface area contributed by atoms with E-state index in [0.29, 0.717) is 30.8 Å². The molecule has 246 valence electrons. The van der Waals surface area contributed by atoms with Crippen LogP contribution < -0.4 is 32.2 Å². The fraction of sp³-hybridized carbons (Fsp3) is 0.375. The maximum Gasteiger partial charge on any atom is 0.307 e. The molecule has 0 radical (unpaired) electrons. The van der Waals surface area contributed by atoms with Crippen LogP contribution in [0, 0.1) is 0 Å². The van der Waals surface area contributed by atoms with Gasteiger partial charge in [0.25, 0.3) is 11.8 Å². The number of fused-ring (bicyclic) bond motifs is 2. The summed E-state index contributed by atoms with van der Waals surface area (Å²) < 4.78 is 3.55. The van der Waals surface area contributed by atoms with E-state index in [4.69, 9.17) is 22.0 Å². The summed E-state index contributed by atoms with van der Waals surface area (Å²) >= 11 is 4.00. The zero-order valence-corrected chi connectivity index (χ0v) is 28.3. The van der Waals surface area contributed by atoms with Crippen molar-refractivity contribution in [3.05, 3.63) is 46.9 Å². The van der Waals surface area contributed by atoms with Crippen LogP contribution >= 0.6 is 72.1 Å². The second-order valence-corrected chi connectivity index (χ2v) is 12.2. The molecule has 0 spiro atoms. The fourth-order valence-electron chi connectivity index (χ4n) is 4.41. The number of carboxylic acid groups (broad SMARTS) is 1. The number of thioether (sulfide) groups is 2. The standard InChI is InChI=1S/C24H28N10O5S3.3ClH/c25-4-1-8-39-31-17(14-12-42-24(27)28-14)20(35)29-18-21(36)34-19(23(37)38)13(11-41-22(18)34)10-32-6-7-33-16(32)3-2-15(30-33)40-9-5-26;;;/h2-3,6-7,12,18,22H,1,4-5,8-11,25-26H2,(H3-,27,28,29,35,37,38);3*1H/b31-17-;;;/t18-,22-;;;/m1.../s1. The molecule has 1 fully saturated rings. The number of oxime groups is 1. The average molecular weight is 742 g/mol. The predicted molar refractivity (Wildman–Crippen MR) is 177 cm³/mol. The van der Waals surface area contributed by atoms with E-state index in [0.717, 1.165) is 32.7 Å². The lowest BCUT2D eigenvalue weighted by Crippen LogP contribution is -2.71. The van der Waals surface area contributed by atoms with E-state index in [1.807, 2.05) is 16.7 Å². The lowest BCUT2D eigenvalue weighted by molar-refractivity contribution is -0.662. The highest BCUT2D eigenvalue weighted by atomic mass is 35.5. The summed E-state index contributed by atoms with van der Waals surface area (Å²) in [4.78, 5) is 49.1. The van der Waals surface area contributed by atoms with Crippen LogP contribution in [0.1, 0.15) is 12.1 Å². The number of carbonyl (C=O) groups is 3. The summed E-state index contributed by atoms with van der Waals surface area (Å²) in [5, 5.41) is 25.3. The van der Waals surface area contributed by atoms with E-state index in [9.17, 15) is 19.5 Å². The first-order valence-electron chi connectivity index (χ1n) is 12.8. The summed E-state index contributed by atoms with van der Waals surface area (Å²) in [6.45, 7) is 1.31. The molecule has 5 rings (SSSR count). The third kappa shape index (κ3) is 8.31. The second-order valence-electron chi connectivity index (χ2n) is 9.12. The Bertz CT molecular complexity index is 1590. The van der Waals surface area contributed by atoms with Crippen molar-refractivity contribution in [3.8, 4) is 0 Å². The zero-order valence-electron chi connectivity index (χ0n) is 23.4. The Balaban J connectivity index is 0.00000235. The molecule has 1 saturated heterocycles.